The van der Waals surface area contributed by atoms with Crippen molar-refractivity contribution in [1.82, 2.24) is 9.55 Å². The molecular formula is C23H16N2. The van der Waals surface area contributed by atoms with Crippen LogP contribution in [-0.2, 0) is 0 Å². The molecule has 2 heterocycles. The molecule has 2 nitrogen and oxygen atoms in total. The molecule has 5 aromatic rings. The SMILES string of the molecule is c1ccc(-c2cc3c4ccccc4n(-c4ccccc4)c3cn2)cc1. The Morgan fingerprint density at radius 3 is 2.08 bits per heavy atom. The maximum atomic E-state index is 4.74. The van der Waals surface area contributed by atoms with E-state index in [1.165, 1.54) is 16.3 Å². The Morgan fingerprint density at radius 1 is 0.600 bits per heavy atom. The van der Waals surface area contributed by atoms with Gasteiger partial charge in [-0.2, -0.15) is 0 Å². The molecule has 2 heteroatoms. The first-order valence-corrected chi connectivity index (χ1v) is 8.42. The van der Waals surface area contributed by atoms with E-state index in [1.807, 2.05) is 18.3 Å². The van der Waals surface area contributed by atoms with Crippen molar-refractivity contribution < 1.29 is 0 Å². The number of nitrogens with zero attached hydrogens (tertiary/aromatic N) is 2. The summed E-state index contributed by atoms with van der Waals surface area (Å²) < 4.78 is 2.28. The average molecular weight is 320 g/mol. The molecule has 118 valence electrons. The molecule has 5 rings (SSSR count). The molecule has 0 radical (unpaired) electrons. The maximum absolute atomic E-state index is 4.74. The second kappa shape index (κ2) is 5.60. The minimum atomic E-state index is 1.00. The van der Waals surface area contributed by atoms with Crippen molar-refractivity contribution in [1.29, 1.82) is 0 Å². The summed E-state index contributed by atoms with van der Waals surface area (Å²) in [6, 6.07) is 31.5. The zero-order chi connectivity index (χ0) is 16.6. The van der Waals surface area contributed by atoms with Crippen LogP contribution in [-0.4, -0.2) is 9.55 Å². The molecule has 0 atom stereocenters. The Bertz CT molecular complexity index is 1170. The highest BCUT2D eigenvalue weighted by molar-refractivity contribution is 6.09. The minimum Gasteiger partial charge on any atom is -0.308 e. The molecule has 0 fully saturated rings. The van der Waals surface area contributed by atoms with Crippen LogP contribution in [0.4, 0.5) is 0 Å². The molecule has 0 saturated heterocycles. The molecule has 0 N–H and O–H groups in total. The third-order valence-corrected chi connectivity index (χ3v) is 4.64. The quantitative estimate of drug-likeness (QED) is 0.399. The third-order valence-electron chi connectivity index (χ3n) is 4.64. The van der Waals surface area contributed by atoms with E-state index in [0.29, 0.717) is 0 Å². The van der Waals surface area contributed by atoms with E-state index in [4.69, 9.17) is 4.98 Å². The van der Waals surface area contributed by atoms with Crippen LogP contribution < -0.4 is 0 Å². The van der Waals surface area contributed by atoms with Gasteiger partial charge in [-0.15, -0.1) is 0 Å². The molecule has 0 bridgehead atoms. The van der Waals surface area contributed by atoms with Gasteiger partial charge in [0.15, 0.2) is 0 Å². The van der Waals surface area contributed by atoms with E-state index < -0.39 is 0 Å². The van der Waals surface area contributed by atoms with E-state index in [0.717, 1.165) is 22.5 Å². The van der Waals surface area contributed by atoms with E-state index in [2.05, 4.69) is 83.4 Å². The Labute approximate surface area is 146 Å². The number of pyridine rings is 1. The van der Waals surface area contributed by atoms with Crippen LogP contribution in [0.2, 0.25) is 0 Å². The first-order chi connectivity index (χ1) is 12.4. The Morgan fingerprint density at radius 2 is 1.28 bits per heavy atom. The van der Waals surface area contributed by atoms with Crippen LogP contribution >= 0.6 is 0 Å². The largest absolute Gasteiger partial charge is 0.308 e. The van der Waals surface area contributed by atoms with Crippen molar-refractivity contribution in [2.75, 3.05) is 0 Å². The predicted molar refractivity (Wildman–Crippen MR) is 104 cm³/mol. The number of fused-ring (bicyclic) bond motifs is 3. The van der Waals surface area contributed by atoms with Crippen molar-refractivity contribution >= 4 is 21.8 Å². The lowest BCUT2D eigenvalue weighted by atomic mass is 10.1. The maximum Gasteiger partial charge on any atom is 0.0724 e. The lowest BCUT2D eigenvalue weighted by molar-refractivity contribution is 1.17. The molecule has 0 aliphatic heterocycles. The van der Waals surface area contributed by atoms with Gasteiger partial charge in [0.25, 0.3) is 0 Å². The second-order valence-corrected chi connectivity index (χ2v) is 6.14. The summed E-state index contributed by atoms with van der Waals surface area (Å²) in [5.41, 5.74) is 5.63. The van der Waals surface area contributed by atoms with Crippen LogP contribution in [0.1, 0.15) is 0 Å². The van der Waals surface area contributed by atoms with Gasteiger partial charge in [-0.05, 0) is 24.3 Å². The lowest BCUT2D eigenvalue weighted by Gasteiger charge is -2.07. The summed E-state index contributed by atoms with van der Waals surface area (Å²) >= 11 is 0. The summed E-state index contributed by atoms with van der Waals surface area (Å²) in [5.74, 6) is 0. The Hall–Kier alpha value is -3.39. The number of aromatic nitrogens is 2. The predicted octanol–water partition coefficient (Wildman–Crippen LogP) is 5.85. The standard InChI is InChI=1S/C23H16N2/c1-3-9-17(10-4-1)21-15-20-19-13-7-8-14-22(19)25(23(20)16-24-21)18-11-5-2-6-12-18/h1-16H. The molecule has 0 aliphatic rings. The summed E-state index contributed by atoms with van der Waals surface area (Å²) in [7, 11) is 0. The number of para-hydroxylation sites is 2. The number of rotatable bonds is 2. The van der Waals surface area contributed by atoms with Crippen LogP contribution in [0.25, 0.3) is 38.8 Å². The van der Waals surface area contributed by atoms with Crippen LogP contribution in [0.5, 0.6) is 0 Å². The first kappa shape index (κ1) is 14.0. The van der Waals surface area contributed by atoms with E-state index in [-0.39, 0.29) is 0 Å². The van der Waals surface area contributed by atoms with E-state index >= 15 is 0 Å². The molecule has 0 amide bonds. The Kier molecular flexibility index (Phi) is 3.14. The molecule has 2 aromatic heterocycles. The van der Waals surface area contributed by atoms with Crippen LogP contribution in [0, 0.1) is 0 Å². The fourth-order valence-corrected chi connectivity index (χ4v) is 3.49. The first-order valence-electron chi connectivity index (χ1n) is 8.42. The summed E-state index contributed by atoms with van der Waals surface area (Å²) in [6.45, 7) is 0. The van der Waals surface area contributed by atoms with E-state index in [9.17, 15) is 0 Å². The van der Waals surface area contributed by atoms with Gasteiger partial charge < -0.3 is 4.57 Å². The van der Waals surface area contributed by atoms with Gasteiger partial charge in [0.2, 0.25) is 0 Å². The zero-order valence-electron chi connectivity index (χ0n) is 13.6. The van der Waals surface area contributed by atoms with Crippen molar-refractivity contribution in [3.05, 3.63) is 97.2 Å². The number of benzene rings is 3. The van der Waals surface area contributed by atoms with Gasteiger partial charge in [0.05, 0.1) is 22.9 Å². The zero-order valence-corrected chi connectivity index (χ0v) is 13.6. The van der Waals surface area contributed by atoms with Gasteiger partial charge in [0, 0.05) is 22.0 Å². The summed E-state index contributed by atoms with van der Waals surface area (Å²) in [6.07, 6.45) is 1.99. The molecule has 0 spiro atoms. The van der Waals surface area contributed by atoms with Crippen molar-refractivity contribution in [2.45, 2.75) is 0 Å². The van der Waals surface area contributed by atoms with Gasteiger partial charge in [-0.3, -0.25) is 4.98 Å². The molecule has 3 aromatic carbocycles. The normalized spacial score (nSPS) is 11.2. The average Bonchev–Trinajstić information content (AvgIpc) is 3.03. The third kappa shape index (κ3) is 2.23. The smallest absolute Gasteiger partial charge is 0.0724 e. The van der Waals surface area contributed by atoms with Gasteiger partial charge in [-0.1, -0.05) is 66.7 Å². The van der Waals surface area contributed by atoms with Crippen LogP contribution in [0.3, 0.4) is 0 Å². The summed E-state index contributed by atoms with van der Waals surface area (Å²) in [4.78, 5) is 4.74. The molecule has 25 heavy (non-hydrogen) atoms. The number of hydrogen-bond acceptors (Lipinski definition) is 1. The van der Waals surface area contributed by atoms with E-state index in [1.54, 1.807) is 0 Å². The summed E-state index contributed by atoms with van der Waals surface area (Å²) in [5, 5.41) is 2.48. The molecule has 0 saturated carbocycles. The van der Waals surface area contributed by atoms with Gasteiger partial charge in [0.1, 0.15) is 0 Å². The highest BCUT2D eigenvalue weighted by Crippen LogP contribution is 2.33. The number of hydrogen-bond donors (Lipinski definition) is 0. The van der Waals surface area contributed by atoms with Crippen LogP contribution in [0.15, 0.2) is 97.2 Å². The molecule has 0 unspecified atom stereocenters. The fraction of sp³-hybridized carbons (Fsp3) is 0. The van der Waals surface area contributed by atoms with Crippen molar-refractivity contribution in [2.24, 2.45) is 0 Å². The second-order valence-electron chi connectivity index (χ2n) is 6.14. The lowest BCUT2D eigenvalue weighted by Crippen LogP contribution is -1.93. The fourth-order valence-electron chi connectivity index (χ4n) is 3.49. The highest BCUT2D eigenvalue weighted by Gasteiger charge is 2.13. The van der Waals surface area contributed by atoms with Crippen molar-refractivity contribution in [3.63, 3.8) is 0 Å². The monoisotopic (exact) mass is 320 g/mol. The molecular weight excluding hydrogens is 304 g/mol. The van der Waals surface area contributed by atoms with Gasteiger partial charge >= 0.3 is 0 Å². The Balaban J connectivity index is 1.86. The topological polar surface area (TPSA) is 17.8 Å². The van der Waals surface area contributed by atoms with Gasteiger partial charge in [-0.25, -0.2) is 0 Å². The minimum absolute atomic E-state index is 1.00. The highest BCUT2D eigenvalue weighted by atomic mass is 15.0. The molecule has 0 aliphatic carbocycles. The van der Waals surface area contributed by atoms with Crippen molar-refractivity contribution in [3.8, 4) is 16.9 Å².